The molecule has 0 aromatic carbocycles. The molecule has 1 amide bonds. The van der Waals surface area contributed by atoms with Crippen LogP contribution in [0.25, 0.3) is 11.1 Å². The minimum atomic E-state index is 0.0281. The van der Waals surface area contributed by atoms with Crippen LogP contribution in [-0.2, 0) is 4.79 Å². The van der Waals surface area contributed by atoms with Crippen molar-refractivity contribution in [3.8, 4) is 0 Å². The summed E-state index contributed by atoms with van der Waals surface area (Å²) in [4.78, 5) is 24.0. The average molecular weight is 370 g/mol. The summed E-state index contributed by atoms with van der Waals surface area (Å²) in [5.41, 5.74) is 1.73. The van der Waals surface area contributed by atoms with Gasteiger partial charge in [0.05, 0.1) is 11.3 Å². The number of rotatable bonds is 3. The number of hydrogen-bond acceptors (Lipinski definition) is 5. The van der Waals surface area contributed by atoms with Gasteiger partial charge in [-0.1, -0.05) is 25.7 Å². The van der Waals surface area contributed by atoms with Crippen molar-refractivity contribution in [1.29, 1.82) is 0 Å². The van der Waals surface area contributed by atoms with Gasteiger partial charge in [0.25, 0.3) is 0 Å². The quantitative estimate of drug-likeness (QED) is 0.830. The number of piperidine rings is 1. The molecule has 0 bridgehead atoms. The SMILES string of the molecule is Cc1oc2ncnc(N3CCC[C@@H](C(=O)NC4CCCCCC4)C3)c2c1C. The Morgan fingerprint density at radius 3 is 2.67 bits per heavy atom. The second kappa shape index (κ2) is 7.87. The molecular weight excluding hydrogens is 340 g/mol. The first-order chi connectivity index (χ1) is 13.1. The molecule has 1 N–H and O–H groups in total. The van der Waals surface area contributed by atoms with Crippen molar-refractivity contribution in [2.45, 2.75) is 71.3 Å². The monoisotopic (exact) mass is 370 g/mol. The van der Waals surface area contributed by atoms with E-state index in [4.69, 9.17) is 4.42 Å². The van der Waals surface area contributed by atoms with E-state index in [1.807, 2.05) is 13.8 Å². The molecule has 2 aromatic rings. The van der Waals surface area contributed by atoms with E-state index in [9.17, 15) is 4.79 Å². The highest BCUT2D eigenvalue weighted by molar-refractivity contribution is 5.90. The third-order valence-electron chi connectivity index (χ3n) is 6.24. The maximum Gasteiger partial charge on any atom is 0.231 e. The van der Waals surface area contributed by atoms with Crippen molar-refractivity contribution in [2.75, 3.05) is 18.0 Å². The van der Waals surface area contributed by atoms with Crippen molar-refractivity contribution in [3.63, 3.8) is 0 Å². The molecule has 2 aliphatic rings. The van der Waals surface area contributed by atoms with Crippen LogP contribution in [0.15, 0.2) is 10.7 Å². The second-order valence-electron chi connectivity index (χ2n) is 8.14. The van der Waals surface area contributed by atoms with E-state index in [2.05, 4.69) is 20.2 Å². The number of nitrogens with zero attached hydrogens (tertiary/aromatic N) is 3. The highest BCUT2D eigenvalue weighted by Gasteiger charge is 2.29. The lowest BCUT2D eigenvalue weighted by Crippen LogP contribution is -2.46. The van der Waals surface area contributed by atoms with Crippen LogP contribution in [0.4, 0.5) is 5.82 Å². The van der Waals surface area contributed by atoms with Crippen molar-refractivity contribution < 1.29 is 9.21 Å². The lowest BCUT2D eigenvalue weighted by atomic mass is 9.96. The minimum absolute atomic E-state index is 0.0281. The molecule has 3 heterocycles. The number of amides is 1. The Balaban J connectivity index is 1.49. The van der Waals surface area contributed by atoms with E-state index in [0.29, 0.717) is 18.3 Å². The van der Waals surface area contributed by atoms with Gasteiger partial charge >= 0.3 is 0 Å². The van der Waals surface area contributed by atoms with Crippen molar-refractivity contribution in [2.24, 2.45) is 5.92 Å². The average Bonchev–Trinajstić information content (AvgIpc) is 2.85. The van der Waals surface area contributed by atoms with Crippen LogP contribution in [0.2, 0.25) is 0 Å². The topological polar surface area (TPSA) is 71.3 Å². The summed E-state index contributed by atoms with van der Waals surface area (Å²) in [6.07, 6.45) is 10.9. The summed E-state index contributed by atoms with van der Waals surface area (Å²) >= 11 is 0. The maximum absolute atomic E-state index is 12.9. The first-order valence-electron chi connectivity index (χ1n) is 10.4. The molecule has 0 radical (unpaired) electrons. The summed E-state index contributed by atoms with van der Waals surface area (Å²) in [6.45, 7) is 5.64. The molecule has 0 spiro atoms. The van der Waals surface area contributed by atoms with Gasteiger partial charge < -0.3 is 14.6 Å². The molecule has 1 aliphatic heterocycles. The van der Waals surface area contributed by atoms with Crippen LogP contribution in [0.1, 0.15) is 62.7 Å². The zero-order chi connectivity index (χ0) is 18.8. The molecule has 4 rings (SSSR count). The molecule has 146 valence electrons. The van der Waals surface area contributed by atoms with E-state index in [1.165, 1.54) is 25.7 Å². The second-order valence-corrected chi connectivity index (χ2v) is 8.14. The molecule has 2 fully saturated rings. The summed E-state index contributed by atoms with van der Waals surface area (Å²) in [5.74, 6) is 2.03. The first kappa shape index (κ1) is 18.3. The van der Waals surface area contributed by atoms with Crippen LogP contribution in [0, 0.1) is 19.8 Å². The Hall–Kier alpha value is -2.11. The Morgan fingerprint density at radius 2 is 1.89 bits per heavy atom. The van der Waals surface area contributed by atoms with Crippen LogP contribution in [0.3, 0.4) is 0 Å². The van der Waals surface area contributed by atoms with Crippen molar-refractivity contribution >= 4 is 22.8 Å². The number of anilines is 1. The Bertz CT molecular complexity index is 808. The summed E-state index contributed by atoms with van der Waals surface area (Å²) in [5, 5.41) is 4.32. The van der Waals surface area contributed by atoms with Crippen LogP contribution >= 0.6 is 0 Å². The Labute approximate surface area is 160 Å². The number of fused-ring (bicyclic) bond motifs is 1. The molecule has 6 nitrogen and oxygen atoms in total. The molecular formula is C21H30N4O2. The van der Waals surface area contributed by atoms with E-state index in [-0.39, 0.29) is 11.8 Å². The molecule has 6 heteroatoms. The number of furan rings is 1. The van der Waals surface area contributed by atoms with Crippen molar-refractivity contribution in [1.82, 2.24) is 15.3 Å². The zero-order valence-corrected chi connectivity index (χ0v) is 16.5. The largest absolute Gasteiger partial charge is 0.443 e. The number of aromatic nitrogens is 2. The highest BCUT2D eigenvalue weighted by Crippen LogP contribution is 2.32. The molecule has 0 unspecified atom stereocenters. The van der Waals surface area contributed by atoms with E-state index in [0.717, 1.165) is 54.8 Å². The summed E-state index contributed by atoms with van der Waals surface area (Å²) in [6, 6.07) is 0.361. The van der Waals surface area contributed by atoms with E-state index < -0.39 is 0 Å². The lowest BCUT2D eigenvalue weighted by molar-refractivity contribution is -0.126. The highest BCUT2D eigenvalue weighted by atomic mass is 16.3. The van der Waals surface area contributed by atoms with Gasteiger partial charge in [-0.2, -0.15) is 0 Å². The number of hydrogen-bond donors (Lipinski definition) is 1. The molecule has 1 aliphatic carbocycles. The summed E-state index contributed by atoms with van der Waals surface area (Å²) in [7, 11) is 0. The van der Waals surface area contributed by atoms with Gasteiger partial charge in [0.2, 0.25) is 11.6 Å². The summed E-state index contributed by atoms with van der Waals surface area (Å²) < 4.78 is 5.76. The van der Waals surface area contributed by atoms with Gasteiger partial charge in [-0.15, -0.1) is 0 Å². The smallest absolute Gasteiger partial charge is 0.231 e. The molecule has 27 heavy (non-hydrogen) atoms. The standard InChI is InChI=1S/C21H30N4O2/c1-14-15(2)27-21-18(14)19(22-13-23-21)25-11-7-8-16(12-25)20(26)24-17-9-5-3-4-6-10-17/h13,16-17H,3-12H2,1-2H3,(H,24,26)/t16-/m1/s1. The van der Waals surface area contributed by atoms with Gasteiger partial charge in [0.1, 0.15) is 17.9 Å². The first-order valence-corrected chi connectivity index (χ1v) is 10.4. The van der Waals surface area contributed by atoms with Crippen LogP contribution in [0.5, 0.6) is 0 Å². The van der Waals surface area contributed by atoms with Crippen LogP contribution < -0.4 is 10.2 Å². The normalized spacial score (nSPS) is 22.0. The van der Waals surface area contributed by atoms with E-state index in [1.54, 1.807) is 6.33 Å². The zero-order valence-electron chi connectivity index (χ0n) is 16.5. The van der Waals surface area contributed by atoms with Gasteiger partial charge in [-0.25, -0.2) is 9.97 Å². The predicted molar refractivity (Wildman–Crippen MR) is 106 cm³/mol. The Morgan fingerprint density at radius 1 is 1.11 bits per heavy atom. The van der Waals surface area contributed by atoms with Gasteiger partial charge in [-0.3, -0.25) is 4.79 Å². The van der Waals surface area contributed by atoms with Crippen LogP contribution in [-0.4, -0.2) is 35.0 Å². The number of nitrogens with one attached hydrogen (secondary N) is 1. The van der Waals surface area contributed by atoms with Gasteiger partial charge in [0, 0.05) is 24.7 Å². The lowest BCUT2D eigenvalue weighted by Gasteiger charge is -2.34. The van der Waals surface area contributed by atoms with Gasteiger partial charge in [0.15, 0.2) is 0 Å². The predicted octanol–water partition coefficient (Wildman–Crippen LogP) is 3.90. The minimum Gasteiger partial charge on any atom is -0.443 e. The molecule has 2 aromatic heterocycles. The molecule has 1 saturated heterocycles. The third kappa shape index (κ3) is 3.80. The molecule has 1 atom stereocenters. The third-order valence-corrected chi connectivity index (χ3v) is 6.24. The maximum atomic E-state index is 12.9. The van der Waals surface area contributed by atoms with Crippen molar-refractivity contribution in [3.05, 3.63) is 17.7 Å². The number of carbonyl (C=O) groups is 1. The van der Waals surface area contributed by atoms with E-state index >= 15 is 0 Å². The molecule has 1 saturated carbocycles. The number of aryl methyl sites for hydroxylation is 2. The number of carbonyl (C=O) groups excluding carboxylic acids is 1. The Kier molecular flexibility index (Phi) is 5.32. The fourth-order valence-corrected chi connectivity index (χ4v) is 4.53. The van der Waals surface area contributed by atoms with Gasteiger partial charge in [-0.05, 0) is 39.5 Å². The fraction of sp³-hybridized carbons (Fsp3) is 0.667. The fourth-order valence-electron chi connectivity index (χ4n) is 4.53.